The number of aryl methyl sites for hydroxylation is 1. The summed E-state index contributed by atoms with van der Waals surface area (Å²) in [4.78, 5) is 25.8. The van der Waals surface area contributed by atoms with Crippen molar-refractivity contribution in [1.82, 2.24) is 14.2 Å². The first-order valence-electron chi connectivity index (χ1n) is 9.04. The average Bonchev–Trinajstić information content (AvgIpc) is 2.70. The molecule has 1 aromatic heterocycles. The predicted octanol–water partition coefficient (Wildman–Crippen LogP) is 2.28. The van der Waals surface area contributed by atoms with Gasteiger partial charge in [0.1, 0.15) is 5.56 Å². The maximum absolute atomic E-state index is 13.0. The van der Waals surface area contributed by atoms with E-state index in [0.717, 1.165) is 9.87 Å². The van der Waals surface area contributed by atoms with Gasteiger partial charge in [0.05, 0.1) is 16.5 Å². The highest BCUT2D eigenvalue weighted by Crippen LogP contribution is 2.19. The van der Waals surface area contributed by atoms with E-state index in [0.29, 0.717) is 5.52 Å². The Labute approximate surface area is 169 Å². The van der Waals surface area contributed by atoms with Crippen molar-refractivity contribution in [2.75, 3.05) is 14.1 Å². The molecule has 0 aliphatic carbocycles. The molecule has 0 bridgehead atoms. The molecule has 8 heteroatoms. The summed E-state index contributed by atoms with van der Waals surface area (Å²) < 4.78 is 27.6. The molecule has 0 fully saturated rings. The Hall–Kier alpha value is -2.97. The van der Waals surface area contributed by atoms with Crippen molar-refractivity contribution < 1.29 is 13.2 Å². The third-order valence-corrected chi connectivity index (χ3v) is 6.64. The van der Waals surface area contributed by atoms with Gasteiger partial charge in [-0.3, -0.25) is 9.59 Å². The Morgan fingerprint density at radius 1 is 1.10 bits per heavy atom. The fraction of sp³-hybridized carbons (Fsp3) is 0.238. The number of hydrogen-bond acceptors (Lipinski definition) is 4. The van der Waals surface area contributed by atoms with Crippen molar-refractivity contribution in [3.63, 3.8) is 0 Å². The average molecular weight is 413 g/mol. The van der Waals surface area contributed by atoms with Crippen LogP contribution in [0.1, 0.15) is 28.9 Å². The van der Waals surface area contributed by atoms with Crippen LogP contribution in [0.3, 0.4) is 0 Å². The fourth-order valence-electron chi connectivity index (χ4n) is 3.10. The lowest BCUT2D eigenvalue weighted by Gasteiger charge is -2.16. The van der Waals surface area contributed by atoms with Crippen LogP contribution >= 0.6 is 0 Å². The summed E-state index contributed by atoms with van der Waals surface area (Å²) in [6.45, 7) is 1.83. The normalized spacial score (nSPS) is 12.9. The number of hydrogen-bond donors (Lipinski definition) is 1. The SMILES string of the molecule is CC(NC(=O)c1cn(C)c2ccc(S(=O)(=O)N(C)C)cc2c1=O)c1ccccc1. The van der Waals surface area contributed by atoms with Crippen molar-refractivity contribution in [3.8, 4) is 0 Å². The first-order chi connectivity index (χ1) is 13.6. The number of nitrogens with one attached hydrogen (secondary N) is 1. The van der Waals surface area contributed by atoms with Crippen LogP contribution in [-0.4, -0.2) is 37.3 Å². The molecule has 1 heterocycles. The van der Waals surface area contributed by atoms with Gasteiger partial charge in [0.25, 0.3) is 5.91 Å². The molecule has 152 valence electrons. The Morgan fingerprint density at radius 3 is 2.38 bits per heavy atom. The maximum Gasteiger partial charge on any atom is 0.257 e. The first-order valence-corrected chi connectivity index (χ1v) is 10.5. The second-order valence-electron chi connectivity index (χ2n) is 7.06. The highest BCUT2D eigenvalue weighted by molar-refractivity contribution is 7.89. The van der Waals surface area contributed by atoms with Crippen molar-refractivity contribution in [2.45, 2.75) is 17.9 Å². The van der Waals surface area contributed by atoms with E-state index >= 15 is 0 Å². The molecule has 1 amide bonds. The van der Waals surface area contributed by atoms with Crippen molar-refractivity contribution in [2.24, 2.45) is 7.05 Å². The summed E-state index contributed by atoms with van der Waals surface area (Å²) in [7, 11) is 0.852. The van der Waals surface area contributed by atoms with E-state index in [4.69, 9.17) is 0 Å². The molecule has 0 saturated heterocycles. The van der Waals surface area contributed by atoms with E-state index in [-0.39, 0.29) is 21.9 Å². The number of fused-ring (bicyclic) bond motifs is 1. The summed E-state index contributed by atoms with van der Waals surface area (Å²) in [6, 6.07) is 13.5. The lowest BCUT2D eigenvalue weighted by molar-refractivity contribution is 0.0938. The molecular formula is C21H23N3O4S. The Kier molecular flexibility index (Phi) is 5.59. The number of benzene rings is 2. The van der Waals surface area contributed by atoms with Crippen molar-refractivity contribution in [1.29, 1.82) is 0 Å². The predicted molar refractivity (Wildman–Crippen MR) is 112 cm³/mol. The van der Waals surface area contributed by atoms with Gasteiger partial charge in [0.2, 0.25) is 15.5 Å². The van der Waals surface area contributed by atoms with Gasteiger partial charge >= 0.3 is 0 Å². The Morgan fingerprint density at radius 2 is 1.76 bits per heavy atom. The topological polar surface area (TPSA) is 88.5 Å². The lowest BCUT2D eigenvalue weighted by atomic mass is 10.1. The number of sulfonamides is 1. The second kappa shape index (κ2) is 7.81. The van der Waals surface area contributed by atoms with E-state index in [1.165, 1.54) is 32.4 Å². The van der Waals surface area contributed by atoms with Gasteiger partial charge in [-0.2, -0.15) is 0 Å². The molecule has 0 saturated carbocycles. The quantitative estimate of drug-likeness (QED) is 0.695. The molecule has 2 aromatic carbocycles. The van der Waals surface area contributed by atoms with Crippen LogP contribution in [0.2, 0.25) is 0 Å². The van der Waals surface area contributed by atoms with Gasteiger partial charge in [-0.05, 0) is 30.7 Å². The van der Waals surface area contributed by atoms with Crippen LogP contribution in [0.15, 0.2) is 64.4 Å². The van der Waals surface area contributed by atoms with Crippen LogP contribution in [0.5, 0.6) is 0 Å². The molecule has 1 N–H and O–H groups in total. The van der Waals surface area contributed by atoms with Gasteiger partial charge < -0.3 is 9.88 Å². The minimum atomic E-state index is -3.70. The molecule has 1 atom stereocenters. The smallest absolute Gasteiger partial charge is 0.257 e. The minimum Gasteiger partial charge on any atom is -0.350 e. The van der Waals surface area contributed by atoms with E-state index in [2.05, 4.69) is 5.32 Å². The van der Waals surface area contributed by atoms with Crippen molar-refractivity contribution >= 4 is 26.8 Å². The molecule has 0 aliphatic rings. The van der Waals surface area contributed by atoms with Crippen LogP contribution in [0.4, 0.5) is 0 Å². The number of pyridine rings is 1. The third-order valence-electron chi connectivity index (χ3n) is 4.83. The largest absolute Gasteiger partial charge is 0.350 e. The monoisotopic (exact) mass is 413 g/mol. The standard InChI is InChI=1S/C21H23N3O4S/c1-14(15-8-6-5-7-9-15)22-21(26)18-13-24(4)19-11-10-16(12-17(19)20(18)25)29(27,28)23(2)3/h5-14H,1-4H3,(H,22,26). The van der Waals surface area contributed by atoms with E-state index in [1.807, 2.05) is 37.3 Å². The summed E-state index contributed by atoms with van der Waals surface area (Å²) >= 11 is 0. The molecule has 7 nitrogen and oxygen atoms in total. The third kappa shape index (κ3) is 3.94. The van der Waals surface area contributed by atoms with E-state index < -0.39 is 21.4 Å². The highest BCUT2D eigenvalue weighted by atomic mass is 32.2. The molecule has 0 spiro atoms. The molecule has 3 aromatic rings. The van der Waals surface area contributed by atoms with Crippen LogP contribution in [0.25, 0.3) is 10.9 Å². The number of aromatic nitrogens is 1. The molecule has 1 unspecified atom stereocenters. The van der Waals surface area contributed by atoms with Gasteiger partial charge in [-0.15, -0.1) is 0 Å². The number of rotatable bonds is 5. The summed E-state index contributed by atoms with van der Waals surface area (Å²) in [6.07, 6.45) is 1.47. The zero-order valence-electron chi connectivity index (χ0n) is 16.7. The highest BCUT2D eigenvalue weighted by Gasteiger charge is 2.21. The van der Waals surface area contributed by atoms with Gasteiger partial charge in [-0.1, -0.05) is 30.3 Å². The molecule has 0 radical (unpaired) electrons. The van der Waals surface area contributed by atoms with Gasteiger partial charge in [0.15, 0.2) is 0 Å². The maximum atomic E-state index is 13.0. The second-order valence-corrected chi connectivity index (χ2v) is 9.21. The number of amides is 1. The van der Waals surface area contributed by atoms with Crippen LogP contribution in [-0.2, 0) is 17.1 Å². The summed E-state index contributed by atoms with van der Waals surface area (Å²) in [5.74, 6) is -0.510. The zero-order chi connectivity index (χ0) is 21.3. The molecule has 3 rings (SSSR count). The Bertz CT molecular complexity index is 1230. The number of carbonyl (C=O) groups excluding carboxylic acids is 1. The van der Waals surface area contributed by atoms with Crippen LogP contribution in [0, 0.1) is 0 Å². The minimum absolute atomic E-state index is 0.00214. The van der Waals surface area contributed by atoms with Crippen molar-refractivity contribution in [3.05, 3.63) is 76.1 Å². The summed E-state index contributed by atoms with van der Waals surface area (Å²) in [5.41, 5.74) is 0.909. The van der Waals surface area contributed by atoms with Gasteiger partial charge in [-0.25, -0.2) is 12.7 Å². The fourth-order valence-corrected chi connectivity index (χ4v) is 4.03. The number of nitrogens with zero attached hydrogens (tertiary/aromatic N) is 2. The molecular weight excluding hydrogens is 390 g/mol. The first kappa shape index (κ1) is 20.8. The lowest BCUT2D eigenvalue weighted by Crippen LogP contribution is -2.31. The number of carbonyl (C=O) groups is 1. The van der Waals surface area contributed by atoms with Gasteiger partial charge in [0, 0.05) is 32.7 Å². The zero-order valence-corrected chi connectivity index (χ0v) is 17.5. The summed E-state index contributed by atoms with van der Waals surface area (Å²) in [5, 5.41) is 3.01. The Balaban J connectivity index is 2.06. The molecule has 29 heavy (non-hydrogen) atoms. The van der Waals surface area contributed by atoms with E-state index in [9.17, 15) is 18.0 Å². The molecule has 0 aliphatic heterocycles. The van der Waals surface area contributed by atoms with Crippen LogP contribution < -0.4 is 10.7 Å². The van der Waals surface area contributed by atoms with E-state index in [1.54, 1.807) is 17.7 Å².